The molecule has 1 aliphatic carbocycles. The summed E-state index contributed by atoms with van der Waals surface area (Å²) in [6.45, 7) is 6.77. The Bertz CT molecular complexity index is 996. The van der Waals surface area contributed by atoms with Crippen LogP contribution in [0.5, 0.6) is 11.5 Å². The molecule has 31 heavy (non-hydrogen) atoms. The van der Waals surface area contributed by atoms with E-state index in [-0.39, 0.29) is 11.6 Å². The molecule has 160 valence electrons. The fourth-order valence-electron chi connectivity index (χ4n) is 4.71. The number of ether oxygens (including phenoxy) is 2. The van der Waals surface area contributed by atoms with E-state index in [0.29, 0.717) is 31.2 Å². The van der Waals surface area contributed by atoms with Crippen molar-refractivity contribution in [3.63, 3.8) is 0 Å². The molecule has 0 radical (unpaired) electrons. The first-order valence-electron chi connectivity index (χ1n) is 10.5. The van der Waals surface area contributed by atoms with Crippen molar-refractivity contribution in [3.8, 4) is 29.7 Å². The standard InChI is InChI=1S/C24H27N5O2/c1-4-10-31-20-7-6-16(11-21(20)30-3)22-19-13-29(5-2)9-8-17(19)18(12-25)23(28)24(22,14-26)15-27/h6-8,11,18-19,22,28H,4-5,9-10,13H2,1-3H3/t18-,19-,22+/m0/s1. The minimum Gasteiger partial charge on any atom is -0.493 e. The normalized spacial score (nSPS) is 24.7. The number of methoxy groups -OCH3 is 1. The number of hydrogen-bond donors (Lipinski definition) is 1. The monoisotopic (exact) mass is 417 g/mol. The predicted octanol–water partition coefficient (Wildman–Crippen LogP) is 3.65. The molecule has 1 aromatic rings. The molecule has 7 heteroatoms. The number of likely N-dealkylation sites (N-methyl/N-ethyl adjacent to an activating group) is 1. The number of nitrogens with zero attached hydrogens (tertiary/aromatic N) is 4. The third-order valence-electron chi connectivity index (χ3n) is 6.32. The Kier molecular flexibility index (Phi) is 6.64. The van der Waals surface area contributed by atoms with Gasteiger partial charge in [0.1, 0.15) is 5.92 Å². The predicted molar refractivity (Wildman–Crippen MR) is 116 cm³/mol. The maximum atomic E-state index is 10.2. The van der Waals surface area contributed by atoms with E-state index in [4.69, 9.17) is 14.9 Å². The summed E-state index contributed by atoms with van der Waals surface area (Å²) >= 11 is 0. The zero-order chi connectivity index (χ0) is 22.6. The lowest BCUT2D eigenvalue weighted by Crippen LogP contribution is -2.52. The second-order valence-electron chi connectivity index (χ2n) is 7.91. The van der Waals surface area contributed by atoms with Gasteiger partial charge >= 0.3 is 0 Å². The molecule has 1 heterocycles. The molecule has 3 atom stereocenters. The Balaban J connectivity index is 2.19. The number of nitrogens with one attached hydrogen (secondary N) is 1. The average molecular weight is 418 g/mol. The quantitative estimate of drug-likeness (QED) is 0.706. The third-order valence-corrected chi connectivity index (χ3v) is 6.32. The van der Waals surface area contributed by atoms with Crippen molar-refractivity contribution < 1.29 is 9.47 Å². The largest absolute Gasteiger partial charge is 0.493 e. The number of fused-ring (bicyclic) bond motifs is 1. The van der Waals surface area contributed by atoms with Crippen LogP contribution in [0, 0.1) is 56.7 Å². The number of nitriles is 3. The van der Waals surface area contributed by atoms with Gasteiger partial charge < -0.3 is 14.9 Å². The summed E-state index contributed by atoms with van der Waals surface area (Å²) in [5, 5.41) is 38.8. The third kappa shape index (κ3) is 3.65. The van der Waals surface area contributed by atoms with Crippen molar-refractivity contribution in [3.05, 3.63) is 35.4 Å². The van der Waals surface area contributed by atoms with Crippen LogP contribution < -0.4 is 9.47 Å². The zero-order valence-corrected chi connectivity index (χ0v) is 18.2. The van der Waals surface area contributed by atoms with Crippen molar-refractivity contribution >= 4 is 5.71 Å². The van der Waals surface area contributed by atoms with Crippen LogP contribution >= 0.6 is 0 Å². The number of benzene rings is 1. The fourth-order valence-corrected chi connectivity index (χ4v) is 4.71. The van der Waals surface area contributed by atoms with Crippen LogP contribution in [0.4, 0.5) is 0 Å². The van der Waals surface area contributed by atoms with Crippen LogP contribution in [0.3, 0.4) is 0 Å². The Morgan fingerprint density at radius 3 is 2.52 bits per heavy atom. The summed E-state index contributed by atoms with van der Waals surface area (Å²) in [7, 11) is 1.55. The van der Waals surface area contributed by atoms with E-state index in [9.17, 15) is 15.8 Å². The van der Waals surface area contributed by atoms with Gasteiger partial charge in [-0.05, 0) is 36.2 Å². The molecule has 1 fully saturated rings. The van der Waals surface area contributed by atoms with Crippen molar-refractivity contribution in [1.82, 2.24) is 4.90 Å². The lowest BCUT2D eigenvalue weighted by molar-refractivity contribution is 0.211. The van der Waals surface area contributed by atoms with Gasteiger partial charge in [0.25, 0.3) is 0 Å². The van der Waals surface area contributed by atoms with Crippen molar-refractivity contribution in [2.24, 2.45) is 17.3 Å². The molecule has 2 aliphatic rings. The molecule has 1 aliphatic heterocycles. The van der Waals surface area contributed by atoms with E-state index >= 15 is 0 Å². The molecule has 1 aromatic carbocycles. The molecule has 0 amide bonds. The van der Waals surface area contributed by atoms with Gasteiger partial charge in [0.05, 0.1) is 37.6 Å². The number of hydrogen-bond acceptors (Lipinski definition) is 7. The van der Waals surface area contributed by atoms with Crippen LogP contribution in [0.15, 0.2) is 29.8 Å². The highest BCUT2D eigenvalue weighted by Gasteiger charge is 2.57. The topological polar surface area (TPSA) is 117 Å². The van der Waals surface area contributed by atoms with E-state index in [1.165, 1.54) is 0 Å². The molecule has 0 spiro atoms. The Hall–Kier alpha value is -3.34. The molecule has 7 nitrogen and oxygen atoms in total. The summed E-state index contributed by atoms with van der Waals surface area (Å²) < 4.78 is 11.3. The maximum absolute atomic E-state index is 10.2. The summed E-state index contributed by atoms with van der Waals surface area (Å²) in [5.74, 6) is -0.539. The zero-order valence-electron chi connectivity index (χ0n) is 18.2. The molecule has 1 N–H and O–H groups in total. The molecule has 0 aromatic heterocycles. The maximum Gasteiger partial charge on any atom is 0.189 e. The summed E-state index contributed by atoms with van der Waals surface area (Å²) in [5.41, 5.74) is -0.286. The van der Waals surface area contributed by atoms with E-state index in [0.717, 1.165) is 24.1 Å². The Morgan fingerprint density at radius 2 is 1.94 bits per heavy atom. The van der Waals surface area contributed by atoms with Gasteiger partial charge in [-0.1, -0.05) is 26.0 Å². The molecular weight excluding hydrogens is 390 g/mol. The van der Waals surface area contributed by atoms with Crippen molar-refractivity contribution in [1.29, 1.82) is 21.2 Å². The summed E-state index contributed by atoms with van der Waals surface area (Å²) in [6, 6.07) is 11.9. The van der Waals surface area contributed by atoms with Gasteiger partial charge in [-0.15, -0.1) is 0 Å². The molecule has 0 bridgehead atoms. The molecule has 1 saturated carbocycles. The summed E-state index contributed by atoms with van der Waals surface area (Å²) in [6.07, 6.45) is 2.86. The van der Waals surface area contributed by atoms with E-state index in [2.05, 4.69) is 30.0 Å². The van der Waals surface area contributed by atoms with E-state index < -0.39 is 17.3 Å². The highest BCUT2D eigenvalue weighted by Crippen LogP contribution is 2.54. The van der Waals surface area contributed by atoms with Gasteiger partial charge in [-0.25, -0.2) is 0 Å². The van der Waals surface area contributed by atoms with Crippen LogP contribution in [0.2, 0.25) is 0 Å². The minimum absolute atomic E-state index is 0.136. The minimum atomic E-state index is -1.73. The lowest BCUT2D eigenvalue weighted by Gasteiger charge is -2.47. The second-order valence-corrected chi connectivity index (χ2v) is 7.91. The average Bonchev–Trinajstić information content (AvgIpc) is 2.81. The lowest BCUT2D eigenvalue weighted by atomic mass is 9.54. The van der Waals surface area contributed by atoms with Gasteiger partial charge in [0.15, 0.2) is 16.9 Å². The first kappa shape index (κ1) is 22.3. The first-order chi connectivity index (χ1) is 15.0. The van der Waals surface area contributed by atoms with E-state index in [1.807, 2.05) is 25.1 Å². The van der Waals surface area contributed by atoms with Crippen LogP contribution in [-0.4, -0.2) is 44.0 Å². The van der Waals surface area contributed by atoms with E-state index in [1.54, 1.807) is 13.2 Å². The SMILES string of the molecule is CCCOc1ccc([C@@H]2[C@H]3CN(CC)CC=C3[C@H](C#N)C(=N)C2(C#N)C#N)cc1OC. The van der Waals surface area contributed by atoms with Crippen molar-refractivity contribution in [2.75, 3.05) is 33.4 Å². The molecular formula is C24H27N5O2. The molecule has 0 unspecified atom stereocenters. The fraction of sp³-hybridized carbons (Fsp3) is 0.500. The number of rotatable bonds is 6. The first-order valence-corrected chi connectivity index (χ1v) is 10.5. The van der Waals surface area contributed by atoms with Crippen LogP contribution in [0.25, 0.3) is 0 Å². The highest BCUT2D eigenvalue weighted by molar-refractivity contribution is 6.00. The Morgan fingerprint density at radius 1 is 1.19 bits per heavy atom. The molecule has 0 saturated heterocycles. The van der Waals surface area contributed by atoms with Crippen molar-refractivity contribution in [2.45, 2.75) is 26.2 Å². The van der Waals surface area contributed by atoms with Gasteiger partial charge in [0.2, 0.25) is 0 Å². The Labute approximate surface area is 183 Å². The molecule has 3 rings (SSSR count). The summed E-state index contributed by atoms with van der Waals surface area (Å²) in [4.78, 5) is 2.22. The smallest absolute Gasteiger partial charge is 0.189 e. The van der Waals surface area contributed by atoms with Crippen LogP contribution in [-0.2, 0) is 0 Å². The highest BCUT2D eigenvalue weighted by atomic mass is 16.5. The second kappa shape index (κ2) is 9.21. The van der Waals surface area contributed by atoms with Crippen LogP contribution in [0.1, 0.15) is 31.7 Å². The van der Waals surface area contributed by atoms with Gasteiger partial charge in [-0.2, -0.15) is 15.8 Å². The van der Waals surface area contributed by atoms with Gasteiger partial charge in [0, 0.05) is 24.9 Å². The van der Waals surface area contributed by atoms with Gasteiger partial charge in [-0.3, -0.25) is 4.90 Å².